The van der Waals surface area contributed by atoms with E-state index in [1.165, 1.54) is 6.07 Å². The molecule has 0 atom stereocenters. The molecule has 0 fully saturated rings. The van der Waals surface area contributed by atoms with Crippen LogP contribution in [-0.2, 0) is 4.79 Å². The van der Waals surface area contributed by atoms with Crippen LogP contribution in [0, 0.1) is 6.92 Å². The number of anilines is 1. The molecule has 1 amide bonds. The summed E-state index contributed by atoms with van der Waals surface area (Å²) >= 11 is 0. The van der Waals surface area contributed by atoms with Crippen molar-refractivity contribution < 1.29 is 13.9 Å². The van der Waals surface area contributed by atoms with Crippen molar-refractivity contribution in [2.24, 2.45) is 0 Å². The van der Waals surface area contributed by atoms with Gasteiger partial charge in [-0.1, -0.05) is 0 Å². The third kappa shape index (κ3) is 3.30. The highest BCUT2D eigenvalue weighted by Gasteiger charge is 2.07. The lowest BCUT2D eigenvalue weighted by atomic mass is 10.2. The van der Waals surface area contributed by atoms with E-state index in [0.717, 1.165) is 22.0 Å². The van der Waals surface area contributed by atoms with Crippen LogP contribution in [0.3, 0.4) is 0 Å². The van der Waals surface area contributed by atoms with Gasteiger partial charge in [-0.05, 0) is 49.4 Å². The van der Waals surface area contributed by atoms with Crippen molar-refractivity contribution in [2.45, 2.75) is 6.92 Å². The number of H-pyrrole nitrogens is 1. The topological polar surface area (TPSA) is 84.3 Å². The number of rotatable bonds is 4. The molecule has 0 aliphatic rings. The normalized spacial score (nSPS) is 11.0. The van der Waals surface area contributed by atoms with Crippen LogP contribution in [-0.4, -0.2) is 17.5 Å². The molecule has 130 valence electrons. The van der Waals surface area contributed by atoms with Crippen LogP contribution in [0.15, 0.2) is 63.8 Å². The van der Waals surface area contributed by atoms with E-state index >= 15 is 0 Å². The minimum atomic E-state index is -0.428. The van der Waals surface area contributed by atoms with Gasteiger partial charge in [-0.25, -0.2) is 4.79 Å². The molecule has 2 aromatic heterocycles. The second kappa shape index (κ2) is 6.40. The smallest absolute Gasteiger partial charge is 0.336 e. The Balaban J connectivity index is 1.43. The second-order valence-corrected chi connectivity index (χ2v) is 6.05. The first-order valence-electron chi connectivity index (χ1n) is 8.13. The highest BCUT2D eigenvalue weighted by Crippen LogP contribution is 2.21. The van der Waals surface area contributed by atoms with E-state index in [1.807, 2.05) is 31.2 Å². The van der Waals surface area contributed by atoms with Gasteiger partial charge in [0, 0.05) is 39.8 Å². The molecular weight excluding hydrogens is 332 g/mol. The molecule has 0 unspecified atom stereocenters. The Morgan fingerprint density at radius 1 is 1.08 bits per heavy atom. The van der Waals surface area contributed by atoms with Crippen molar-refractivity contribution in [3.8, 4) is 5.75 Å². The van der Waals surface area contributed by atoms with Crippen LogP contribution in [0.25, 0.3) is 21.9 Å². The van der Waals surface area contributed by atoms with Gasteiger partial charge in [0.05, 0.1) is 0 Å². The molecule has 0 bridgehead atoms. The number of benzene rings is 2. The van der Waals surface area contributed by atoms with Gasteiger partial charge in [0.15, 0.2) is 6.61 Å². The van der Waals surface area contributed by atoms with E-state index in [0.29, 0.717) is 17.0 Å². The summed E-state index contributed by atoms with van der Waals surface area (Å²) in [5.74, 6) is 0.185. The number of aryl methyl sites for hydroxylation is 1. The summed E-state index contributed by atoms with van der Waals surface area (Å²) in [6, 6.07) is 15.8. The second-order valence-electron chi connectivity index (χ2n) is 6.05. The lowest BCUT2D eigenvalue weighted by Gasteiger charge is -2.08. The molecule has 0 saturated carbocycles. The van der Waals surface area contributed by atoms with Gasteiger partial charge >= 0.3 is 5.63 Å². The van der Waals surface area contributed by atoms with Crippen molar-refractivity contribution in [1.82, 2.24) is 4.98 Å². The summed E-state index contributed by atoms with van der Waals surface area (Å²) in [4.78, 5) is 26.6. The summed E-state index contributed by atoms with van der Waals surface area (Å²) in [6.07, 6.45) is 0. The Kier molecular flexibility index (Phi) is 3.93. The van der Waals surface area contributed by atoms with Crippen molar-refractivity contribution in [3.63, 3.8) is 0 Å². The average Bonchev–Trinajstić information content (AvgIpc) is 2.99. The van der Waals surface area contributed by atoms with Gasteiger partial charge < -0.3 is 19.5 Å². The van der Waals surface area contributed by atoms with E-state index in [4.69, 9.17) is 9.15 Å². The molecule has 6 heteroatoms. The summed E-state index contributed by atoms with van der Waals surface area (Å²) < 4.78 is 10.6. The third-order valence-electron chi connectivity index (χ3n) is 4.00. The van der Waals surface area contributed by atoms with Crippen LogP contribution in [0.4, 0.5) is 5.69 Å². The Morgan fingerprint density at radius 2 is 1.92 bits per heavy atom. The number of fused-ring (bicyclic) bond motifs is 2. The molecule has 2 aromatic carbocycles. The predicted molar refractivity (Wildman–Crippen MR) is 99.6 cm³/mol. The van der Waals surface area contributed by atoms with Crippen LogP contribution in [0.2, 0.25) is 0 Å². The van der Waals surface area contributed by atoms with Gasteiger partial charge in [0.1, 0.15) is 11.3 Å². The number of hydrogen-bond donors (Lipinski definition) is 2. The minimum Gasteiger partial charge on any atom is -0.484 e. The monoisotopic (exact) mass is 348 g/mol. The summed E-state index contributed by atoms with van der Waals surface area (Å²) in [5.41, 5.74) is 2.78. The Labute approximate surface area is 148 Å². The minimum absolute atomic E-state index is 0.146. The van der Waals surface area contributed by atoms with Crippen molar-refractivity contribution in [1.29, 1.82) is 0 Å². The van der Waals surface area contributed by atoms with Crippen LogP contribution < -0.4 is 15.7 Å². The average molecular weight is 348 g/mol. The number of ether oxygens (including phenoxy) is 1. The first-order valence-corrected chi connectivity index (χ1v) is 8.13. The zero-order chi connectivity index (χ0) is 18.1. The highest BCUT2D eigenvalue weighted by atomic mass is 16.5. The number of aromatic amines is 1. The quantitative estimate of drug-likeness (QED) is 0.552. The number of carbonyl (C=O) groups is 1. The van der Waals surface area contributed by atoms with E-state index < -0.39 is 5.63 Å². The maximum absolute atomic E-state index is 12.1. The maximum atomic E-state index is 12.1. The van der Waals surface area contributed by atoms with E-state index in [1.54, 1.807) is 24.3 Å². The molecule has 0 aliphatic carbocycles. The van der Waals surface area contributed by atoms with Crippen LogP contribution in [0.1, 0.15) is 5.69 Å². The zero-order valence-electron chi connectivity index (χ0n) is 14.0. The Hall–Kier alpha value is -3.54. The van der Waals surface area contributed by atoms with E-state index in [2.05, 4.69) is 10.3 Å². The van der Waals surface area contributed by atoms with Gasteiger partial charge in [0.2, 0.25) is 0 Å². The fraction of sp³-hybridized carbons (Fsp3) is 0.100. The lowest BCUT2D eigenvalue weighted by molar-refractivity contribution is -0.118. The number of carbonyl (C=O) groups excluding carboxylic acids is 1. The number of nitrogens with one attached hydrogen (secondary N) is 2. The van der Waals surface area contributed by atoms with Gasteiger partial charge in [0.25, 0.3) is 5.91 Å². The molecule has 26 heavy (non-hydrogen) atoms. The molecule has 6 nitrogen and oxygen atoms in total. The first-order chi connectivity index (χ1) is 12.6. The maximum Gasteiger partial charge on any atom is 0.336 e. The van der Waals surface area contributed by atoms with Crippen molar-refractivity contribution in [2.75, 3.05) is 11.9 Å². The number of aromatic nitrogens is 1. The van der Waals surface area contributed by atoms with Gasteiger partial charge in [-0.2, -0.15) is 0 Å². The zero-order valence-corrected chi connectivity index (χ0v) is 14.0. The fourth-order valence-electron chi connectivity index (χ4n) is 2.83. The van der Waals surface area contributed by atoms with Crippen molar-refractivity contribution >= 4 is 33.5 Å². The molecule has 4 aromatic rings. The standard InChI is InChI=1S/C20H16N2O4/c1-12-8-14-9-15(4-6-17(14)21-12)22-19(23)11-25-16-5-2-13-3-7-20(24)26-18(13)10-16/h2-10,21H,11H2,1H3,(H,22,23). The third-order valence-corrected chi connectivity index (χ3v) is 4.00. The van der Waals surface area contributed by atoms with Gasteiger partial charge in [-0.15, -0.1) is 0 Å². The highest BCUT2D eigenvalue weighted by molar-refractivity contribution is 5.94. The van der Waals surface area contributed by atoms with Crippen LogP contribution >= 0.6 is 0 Å². The number of hydrogen-bond acceptors (Lipinski definition) is 4. The molecule has 2 N–H and O–H groups in total. The van der Waals surface area contributed by atoms with E-state index in [9.17, 15) is 9.59 Å². The van der Waals surface area contributed by atoms with Gasteiger partial charge in [-0.3, -0.25) is 4.79 Å². The molecule has 0 radical (unpaired) electrons. The molecule has 2 heterocycles. The summed E-state index contributed by atoms with van der Waals surface area (Å²) in [5, 5.41) is 4.63. The van der Waals surface area contributed by atoms with Crippen molar-refractivity contribution in [3.05, 3.63) is 70.7 Å². The largest absolute Gasteiger partial charge is 0.484 e. The fourth-order valence-corrected chi connectivity index (χ4v) is 2.83. The molecule has 4 rings (SSSR count). The molecule has 0 spiro atoms. The predicted octanol–water partition coefficient (Wildman–Crippen LogP) is 3.60. The Morgan fingerprint density at radius 3 is 2.81 bits per heavy atom. The van der Waals surface area contributed by atoms with Crippen LogP contribution in [0.5, 0.6) is 5.75 Å². The lowest BCUT2D eigenvalue weighted by Crippen LogP contribution is -2.20. The molecule has 0 aliphatic heterocycles. The number of amides is 1. The SMILES string of the molecule is Cc1cc2cc(NC(=O)COc3ccc4ccc(=O)oc4c3)ccc2[nH]1. The molecular formula is C20H16N2O4. The molecule has 0 saturated heterocycles. The first kappa shape index (κ1) is 16.0. The van der Waals surface area contributed by atoms with E-state index in [-0.39, 0.29) is 12.5 Å². The Bertz CT molecular complexity index is 1170. The summed E-state index contributed by atoms with van der Waals surface area (Å²) in [6.45, 7) is 1.84. The summed E-state index contributed by atoms with van der Waals surface area (Å²) in [7, 11) is 0.